The zero-order valence-corrected chi connectivity index (χ0v) is 10.5. The largest absolute Gasteiger partial charge is 0.345 e. The monoisotopic (exact) mass is 239 g/mol. The Bertz CT molecular complexity index is 493. The van der Waals surface area contributed by atoms with Gasteiger partial charge in [0.25, 0.3) is 5.91 Å². The van der Waals surface area contributed by atoms with Crippen molar-refractivity contribution in [3.05, 3.63) is 71.8 Å². The van der Waals surface area contributed by atoms with E-state index in [9.17, 15) is 4.79 Å². The molecule has 0 fully saturated rings. The topological polar surface area (TPSA) is 29.1 Å². The molecule has 1 atom stereocenters. The maximum Gasteiger partial charge on any atom is 0.251 e. The third kappa shape index (κ3) is 2.98. The first kappa shape index (κ1) is 12.4. The van der Waals surface area contributed by atoms with Crippen molar-refractivity contribution in [3.8, 4) is 0 Å². The lowest BCUT2D eigenvalue weighted by molar-refractivity contribution is 0.0935. The van der Waals surface area contributed by atoms with Gasteiger partial charge < -0.3 is 5.32 Å². The molecule has 92 valence electrons. The van der Waals surface area contributed by atoms with Gasteiger partial charge in [-0.1, -0.05) is 55.5 Å². The second kappa shape index (κ2) is 6.01. The summed E-state index contributed by atoms with van der Waals surface area (Å²) in [4.78, 5) is 12.1. The number of rotatable bonds is 4. The summed E-state index contributed by atoms with van der Waals surface area (Å²) in [5.41, 5.74) is 1.84. The van der Waals surface area contributed by atoms with Crippen molar-refractivity contribution in [3.63, 3.8) is 0 Å². The summed E-state index contributed by atoms with van der Waals surface area (Å²) in [6.45, 7) is 2.07. The second-order valence-electron chi connectivity index (χ2n) is 4.21. The molecule has 1 N–H and O–H groups in total. The fraction of sp³-hybridized carbons (Fsp3) is 0.188. The standard InChI is InChI=1S/C16H17NO/c1-2-15(13-9-5-3-6-10-13)17-16(18)14-11-7-4-8-12-14/h3-12,15H,2H2,1H3,(H,17,18). The van der Waals surface area contributed by atoms with Crippen LogP contribution in [0.2, 0.25) is 0 Å². The first-order chi connectivity index (χ1) is 8.81. The van der Waals surface area contributed by atoms with Gasteiger partial charge in [0, 0.05) is 5.56 Å². The van der Waals surface area contributed by atoms with E-state index in [0.29, 0.717) is 5.56 Å². The number of nitrogens with one attached hydrogen (secondary N) is 1. The summed E-state index contributed by atoms with van der Waals surface area (Å²) in [6, 6.07) is 19.4. The molecule has 0 saturated carbocycles. The Labute approximate surface area is 108 Å². The summed E-state index contributed by atoms with van der Waals surface area (Å²) in [5.74, 6) is -0.0219. The Morgan fingerprint density at radius 1 is 1.00 bits per heavy atom. The lowest BCUT2D eigenvalue weighted by Crippen LogP contribution is -2.28. The molecule has 0 aromatic heterocycles. The molecule has 0 saturated heterocycles. The molecule has 2 aromatic carbocycles. The van der Waals surface area contributed by atoms with Crippen molar-refractivity contribution in [2.45, 2.75) is 19.4 Å². The minimum atomic E-state index is -0.0219. The smallest absolute Gasteiger partial charge is 0.251 e. The second-order valence-corrected chi connectivity index (χ2v) is 4.21. The minimum Gasteiger partial charge on any atom is -0.345 e. The molecule has 2 aromatic rings. The molecular weight excluding hydrogens is 222 g/mol. The van der Waals surface area contributed by atoms with Gasteiger partial charge in [-0.15, -0.1) is 0 Å². The van der Waals surface area contributed by atoms with E-state index in [2.05, 4.69) is 12.2 Å². The van der Waals surface area contributed by atoms with Crippen LogP contribution in [0.4, 0.5) is 0 Å². The highest BCUT2D eigenvalue weighted by atomic mass is 16.1. The molecule has 0 spiro atoms. The summed E-state index contributed by atoms with van der Waals surface area (Å²) in [6.07, 6.45) is 0.878. The zero-order valence-electron chi connectivity index (χ0n) is 10.5. The van der Waals surface area contributed by atoms with Gasteiger partial charge in [0.05, 0.1) is 6.04 Å². The Hall–Kier alpha value is -2.09. The molecule has 0 aliphatic heterocycles. The van der Waals surface area contributed by atoms with Crippen molar-refractivity contribution in [2.75, 3.05) is 0 Å². The Balaban J connectivity index is 2.10. The van der Waals surface area contributed by atoms with Crippen molar-refractivity contribution < 1.29 is 4.79 Å². The number of amides is 1. The predicted octanol–water partition coefficient (Wildman–Crippen LogP) is 3.57. The SMILES string of the molecule is CCC(NC(=O)c1ccccc1)c1ccccc1. The van der Waals surface area contributed by atoms with E-state index < -0.39 is 0 Å². The van der Waals surface area contributed by atoms with E-state index in [0.717, 1.165) is 12.0 Å². The fourth-order valence-corrected chi connectivity index (χ4v) is 1.94. The van der Waals surface area contributed by atoms with Gasteiger partial charge in [-0.2, -0.15) is 0 Å². The van der Waals surface area contributed by atoms with Gasteiger partial charge in [-0.25, -0.2) is 0 Å². The molecule has 2 heteroatoms. The van der Waals surface area contributed by atoms with Crippen LogP contribution in [0.3, 0.4) is 0 Å². The van der Waals surface area contributed by atoms with Gasteiger partial charge in [0.1, 0.15) is 0 Å². The van der Waals surface area contributed by atoms with Gasteiger partial charge in [-0.05, 0) is 24.1 Å². The average Bonchev–Trinajstić information content (AvgIpc) is 2.46. The molecule has 2 nitrogen and oxygen atoms in total. The van der Waals surface area contributed by atoms with Crippen LogP contribution in [-0.2, 0) is 0 Å². The normalized spacial score (nSPS) is 11.8. The molecule has 0 aliphatic rings. The van der Waals surface area contributed by atoms with Crippen molar-refractivity contribution >= 4 is 5.91 Å². The highest BCUT2D eigenvalue weighted by Crippen LogP contribution is 2.16. The van der Waals surface area contributed by atoms with Gasteiger partial charge in [-0.3, -0.25) is 4.79 Å². The fourth-order valence-electron chi connectivity index (χ4n) is 1.94. The van der Waals surface area contributed by atoms with Crippen LogP contribution in [-0.4, -0.2) is 5.91 Å². The summed E-state index contributed by atoms with van der Waals surface area (Å²) in [5, 5.41) is 3.06. The molecule has 1 amide bonds. The lowest BCUT2D eigenvalue weighted by atomic mass is 10.0. The third-order valence-corrected chi connectivity index (χ3v) is 2.95. The Morgan fingerprint density at radius 2 is 1.56 bits per heavy atom. The molecule has 0 bridgehead atoms. The lowest BCUT2D eigenvalue weighted by Gasteiger charge is -2.17. The highest BCUT2D eigenvalue weighted by Gasteiger charge is 2.13. The molecule has 0 heterocycles. The molecule has 0 radical (unpaired) electrons. The average molecular weight is 239 g/mol. The maximum atomic E-state index is 12.1. The van der Waals surface area contributed by atoms with E-state index >= 15 is 0 Å². The van der Waals surface area contributed by atoms with Crippen LogP contribution in [0.5, 0.6) is 0 Å². The van der Waals surface area contributed by atoms with Crippen LogP contribution in [0.25, 0.3) is 0 Å². The number of hydrogen-bond acceptors (Lipinski definition) is 1. The van der Waals surface area contributed by atoms with Gasteiger partial charge >= 0.3 is 0 Å². The zero-order chi connectivity index (χ0) is 12.8. The van der Waals surface area contributed by atoms with Crippen molar-refractivity contribution in [2.24, 2.45) is 0 Å². The molecular formula is C16H17NO. The number of carbonyl (C=O) groups is 1. The van der Waals surface area contributed by atoms with Crippen LogP contribution < -0.4 is 5.32 Å². The number of benzene rings is 2. The summed E-state index contributed by atoms with van der Waals surface area (Å²) >= 11 is 0. The highest BCUT2D eigenvalue weighted by molar-refractivity contribution is 5.94. The van der Waals surface area contributed by atoms with E-state index in [-0.39, 0.29) is 11.9 Å². The van der Waals surface area contributed by atoms with Gasteiger partial charge in [0.2, 0.25) is 0 Å². The Morgan fingerprint density at radius 3 is 2.11 bits per heavy atom. The number of hydrogen-bond donors (Lipinski definition) is 1. The van der Waals surface area contributed by atoms with Crippen LogP contribution in [0, 0.1) is 0 Å². The molecule has 1 unspecified atom stereocenters. The predicted molar refractivity (Wildman–Crippen MR) is 73.4 cm³/mol. The van der Waals surface area contributed by atoms with E-state index in [1.165, 1.54) is 0 Å². The minimum absolute atomic E-state index is 0.0219. The quantitative estimate of drug-likeness (QED) is 0.868. The van der Waals surface area contributed by atoms with E-state index in [1.54, 1.807) is 0 Å². The van der Waals surface area contributed by atoms with E-state index in [4.69, 9.17) is 0 Å². The summed E-state index contributed by atoms with van der Waals surface area (Å²) < 4.78 is 0. The molecule has 2 rings (SSSR count). The van der Waals surface area contributed by atoms with Crippen LogP contribution in [0.15, 0.2) is 60.7 Å². The first-order valence-corrected chi connectivity index (χ1v) is 6.22. The van der Waals surface area contributed by atoms with Crippen molar-refractivity contribution in [1.29, 1.82) is 0 Å². The Kier molecular flexibility index (Phi) is 4.13. The van der Waals surface area contributed by atoms with Crippen LogP contribution >= 0.6 is 0 Å². The molecule has 0 aliphatic carbocycles. The summed E-state index contributed by atoms with van der Waals surface area (Å²) in [7, 11) is 0. The van der Waals surface area contributed by atoms with Crippen molar-refractivity contribution in [1.82, 2.24) is 5.32 Å². The first-order valence-electron chi connectivity index (χ1n) is 6.22. The maximum absolute atomic E-state index is 12.1. The molecule has 18 heavy (non-hydrogen) atoms. The van der Waals surface area contributed by atoms with Crippen LogP contribution in [0.1, 0.15) is 35.3 Å². The third-order valence-electron chi connectivity index (χ3n) is 2.95. The van der Waals surface area contributed by atoms with E-state index in [1.807, 2.05) is 60.7 Å². The number of carbonyl (C=O) groups excluding carboxylic acids is 1. The van der Waals surface area contributed by atoms with Gasteiger partial charge in [0.15, 0.2) is 0 Å².